The Kier molecular flexibility index (Phi) is 3.89. The molecule has 0 heterocycles. The standard InChI is InChI=1S/C9H6F2INO3/c1-4(14)6-2-5(13(15)16)3-7(8(6)12)9(10)11/h2-3,9H,1H3. The summed E-state index contributed by atoms with van der Waals surface area (Å²) in [7, 11) is 0. The molecule has 0 atom stereocenters. The van der Waals surface area contributed by atoms with E-state index in [0.29, 0.717) is 0 Å². The number of nitrogens with zero attached hydrogens (tertiary/aromatic N) is 1. The number of rotatable bonds is 3. The Morgan fingerprint density at radius 3 is 2.44 bits per heavy atom. The first kappa shape index (κ1) is 12.9. The maximum atomic E-state index is 12.6. The van der Waals surface area contributed by atoms with E-state index < -0.39 is 28.4 Å². The molecule has 0 saturated carbocycles. The molecule has 0 aliphatic heterocycles. The Labute approximate surface area is 103 Å². The fraction of sp³-hybridized carbons (Fsp3) is 0.222. The number of alkyl halides is 2. The van der Waals surface area contributed by atoms with Crippen LogP contribution >= 0.6 is 22.6 Å². The lowest BCUT2D eigenvalue weighted by Gasteiger charge is -2.07. The summed E-state index contributed by atoms with van der Waals surface area (Å²) < 4.78 is 25.2. The monoisotopic (exact) mass is 341 g/mol. The first-order valence-corrected chi connectivity index (χ1v) is 5.19. The number of carbonyl (C=O) groups is 1. The van der Waals surface area contributed by atoms with E-state index in [1.807, 2.05) is 0 Å². The molecule has 0 aliphatic carbocycles. The quantitative estimate of drug-likeness (QED) is 0.367. The van der Waals surface area contributed by atoms with Crippen molar-refractivity contribution in [1.82, 2.24) is 0 Å². The van der Waals surface area contributed by atoms with Gasteiger partial charge in [0.2, 0.25) is 0 Å². The van der Waals surface area contributed by atoms with Crippen LogP contribution in [0.2, 0.25) is 0 Å². The Morgan fingerprint density at radius 2 is 2.06 bits per heavy atom. The second-order valence-electron chi connectivity index (χ2n) is 3.01. The molecule has 0 aromatic heterocycles. The third kappa shape index (κ3) is 2.52. The van der Waals surface area contributed by atoms with E-state index in [1.54, 1.807) is 22.6 Å². The van der Waals surface area contributed by atoms with Gasteiger partial charge >= 0.3 is 0 Å². The van der Waals surface area contributed by atoms with Crippen molar-refractivity contribution in [3.63, 3.8) is 0 Å². The van der Waals surface area contributed by atoms with Crippen molar-refractivity contribution in [2.45, 2.75) is 13.3 Å². The minimum atomic E-state index is -2.84. The Morgan fingerprint density at radius 1 is 1.50 bits per heavy atom. The highest BCUT2D eigenvalue weighted by atomic mass is 127. The number of Topliss-reactive ketones (excluding diaryl/α,β-unsaturated/α-hetero) is 1. The van der Waals surface area contributed by atoms with Gasteiger partial charge in [0.1, 0.15) is 0 Å². The van der Waals surface area contributed by atoms with Crippen LogP contribution in [-0.2, 0) is 0 Å². The molecule has 86 valence electrons. The summed E-state index contributed by atoms with van der Waals surface area (Å²) in [6.45, 7) is 1.18. The van der Waals surface area contributed by atoms with Gasteiger partial charge in [-0.05, 0) is 29.5 Å². The number of carbonyl (C=O) groups excluding carboxylic acids is 1. The number of nitro groups is 1. The van der Waals surface area contributed by atoms with Gasteiger partial charge in [-0.1, -0.05) is 0 Å². The van der Waals surface area contributed by atoms with Gasteiger partial charge in [0.15, 0.2) is 5.78 Å². The zero-order valence-electron chi connectivity index (χ0n) is 8.04. The minimum absolute atomic E-state index is 0.0508. The topological polar surface area (TPSA) is 60.2 Å². The molecule has 0 amide bonds. The van der Waals surface area contributed by atoms with Gasteiger partial charge in [-0.3, -0.25) is 14.9 Å². The third-order valence-corrected chi connectivity index (χ3v) is 3.11. The number of nitro benzene ring substituents is 1. The van der Waals surface area contributed by atoms with Crippen LogP contribution in [0.4, 0.5) is 14.5 Å². The van der Waals surface area contributed by atoms with Gasteiger partial charge in [-0.15, -0.1) is 0 Å². The van der Waals surface area contributed by atoms with Crippen molar-refractivity contribution in [1.29, 1.82) is 0 Å². The summed E-state index contributed by atoms with van der Waals surface area (Å²) in [6.07, 6.45) is -2.84. The number of ketones is 1. The SMILES string of the molecule is CC(=O)c1cc([N+](=O)[O-])cc(C(F)F)c1I. The van der Waals surface area contributed by atoms with Crippen LogP contribution < -0.4 is 0 Å². The van der Waals surface area contributed by atoms with Crippen LogP contribution in [0.15, 0.2) is 12.1 Å². The summed E-state index contributed by atoms with van der Waals surface area (Å²) >= 11 is 1.59. The van der Waals surface area contributed by atoms with Crippen LogP contribution in [0.25, 0.3) is 0 Å². The van der Waals surface area contributed by atoms with E-state index in [1.165, 1.54) is 6.92 Å². The Bertz CT molecular complexity index is 462. The average Bonchev–Trinajstić information content (AvgIpc) is 2.16. The molecule has 0 aliphatic rings. The van der Waals surface area contributed by atoms with E-state index in [2.05, 4.69) is 0 Å². The van der Waals surface area contributed by atoms with Crippen molar-refractivity contribution in [2.24, 2.45) is 0 Å². The molecule has 7 heteroatoms. The van der Waals surface area contributed by atoms with Gasteiger partial charge in [0.05, 0.1) is 4.92 Å². The normalized spacial score (nSPS) is 10.6. The number of non-ortho nitro benzene ring substituents is 1. The summed E-state index contributed by atoms with van der Waals surface area (Å²) in [5.41, 5.74) is -1.04. The Balaban J connectivity index is 3.51. The summed E-state index contributed by atoms with van der Waals surface area (Å²) in [6, 6.07) is 1.80. The van der Waals surface area contributed by atoms with Crippen molar-refractivity contribution < 1.29 is 18.5 Å². The molecular weight excluding hydrogens is 335 g/mol. The molecule has 4 nitrogen and oxygen atoms in total. The van der Waals surface area contributed by atoms with E-state index >= 15 is 0 Å². The molecular formula is C9H6F2INO3. The van der Waals surface area contributed by atoms with Crippen LogP contribution in [0.1, 0.15) is 29.3 Å². The molecule has 16 heavy (non-hydrogen) atoms. The van der Waals surface area contributed by atoms with Crippen LogP contribution in [-0.4, -0.2) is 10.7 Å². The summed E-state index contributed by atoms with van der Waals surface area (Å²) in [4.78, 5) is 20.9. The van der Waals surface area contributed by atoms with Gasteiger partial charge in [-0.2, -0.15) is 0 Å². The Hall–Kier alpha value is -1.12. The van der Waals surface area contributed by atoms with E-state index in [0.717, 1.165) is 12.1 Å². The first-order valence-electron chi connectivity index (χ1n) is 4.11. The first-order chi connectivity index (χ1) is 7.34. The largest absolute Gasteiger partial charge is 0.294 e. The highest BCUT2D eigenvalue weighted by Gasteiger charge is 2.22. The second kappa shape index (κ2) is 4.81. The highest BCUT2D eigenvalue weighted by Crippen LogP contribution is 2.31. The number of benzene rings is 1. The predicted molar refractivity (Wildman–Crippen MR) is 60.8 cm³/mol. The molecule has 0 bridgehead atoms. The number of hydrogen-bond donors (Lipinski definition) is 0. The second-order valence-corrected chi connectivity index (χ2v) is 4.09. The summed E-state index contributed by atoms with van der Waals surface area (Å²) in [5.74, 6) is -0.477. The van der Waals surface area contributed by atoms with Crippen LogP contribution in [0.5, 0.6) is 0 Å². The van der Waals surface area contributed by atoms with Gasteiger partial charge in [-0.25, -0.2) is 8.78 Å². The molecule has 0 fully saturated rings. The predicted octanol–water partition coefficient (Wildman–Crippen LogP) is 3.34. The molecule has 1 rings (SSSR count). The molecule has 0 radical (unpaired) electrons. The zero-order chi connectivity index (χ0) is 12.5. The fourth-order valence-electron chi connectivity index (χ4n) is 1.15. The van der Waals surface area contributed by atoms with Crippen LogP contribution in [0.3, 0.4) is 0 Å². The average molecular weight is 341 g/mol. The van der Waals surface area contributed by atoms with Crippen molar-refractivity contribution in [3.8, 4) is 0 Å². The molecule has 0 unspecified atom stereocenters. The molecule has 0 N–H and O–H groups in total. The lowest BCUT2D eigenvalue weighted by atomic mass is 10.1. The number of halogens is 3. The van der Waals surface area contributed by atoms with E-state index in [-0.39, 0.29) is 9.13 Å². The maximum Gasteiger partial charge on any atom is 0.270 e. The molecule has 1 aromatic rings. The highest BCUT2D eigenvalue weighted by molar-refractivity contribution is 14.1. The minimum Gasteiger partial charge on any atom is -0.294 e. The van der Waals surface area contributed by atoms with Gasteiger partial charge in [0, 0.05) is 26.8 Å². The third-order valence-electron chi connectivity index (χ3n) is 1.91. The fourth-order valence-corrected chi connectivity index (χ4v) is 2.08. The van der Waals surface area contributed by atoms with Gasteiger partial charge in [0.25, 0.3) is 12.1 Å². The van der Waals surface area contributed by atoms with Crippen molar-refractivity contribution in [3.05, 3.63) is 36.9 Å². The molecule has 1 aromatic carbocycles. The molecule has 0 saturated heterocycles. The lowest BCUT2D eigenvalue weighted by Crippen LogP contribution is -2.03. The van der Waals surface area contributed by atoms with E-state index in [4.69, 9.17) is 0 Å². The van der Waals surface area contributed by atoms with Crippen molar-refractivity contribution in [2.75, 3.05) is 0 Å². The van der Waals surface area contributed by atoms with Gasteiger partial charge < -0.3 is 0 Å². The summed E-state index contributed by atoms with van der Waals surface area (Å²) in [5, 5.41) is 10.5. The van der Waals surface area contributed by atoms with E-state index in [9.17, 15) is 23.7 Å². The van der Waals surface area contributed by atoms with Crippen LogP contribution in [0, 0.1) is 13.7 Å². The molecule has 0 spiro atoms. The number of hydrogen-bond acceptors (Lipinski definition) is 3. The van der Waals surface area contributed by atoms with Crippen molar-refractivity contribution >= 4 is 34.1 Å². The lowest BCUT2D eigenvalue weighted by molar-refractivity contribution is -0.385. The smallest absolute Gasteiger partial charge is 0.270 e. The zero-order valence-corrected chi connectivity index (χ0v) is 10.2. The maximum absolute atomic E-state index is 12.6.